The van der Waals surface area contributed by atoms with Gasteiger partial charge in [-0.25, -0.2) is 4.79 Å². The Bertz CT molecular complexity index is 842. The number of esters is 1. The average Bonchev–Trinajstić information content (AvgIpc) is 2.67. The van der Waals surface area contributed by atoms with E-state index in [1.165, 1.54) is 30.0 Å². The van der Waals surface area contributed by atoms with Crippen LogP contribution in [-0.2, 0) is 9.53 Å². The van der Waals surface area contributed by atoms with Crippen molar-refractivity contribution in [2.24, 2.45) is 0 Å². The summed E-state index contributed by atoms with van der Waals surface area (Å²) in [7, 11) is 0. The zero-order valence-corrected chi connectivity index (χ0v) is 16.5. The van der Waals surface area contributed by atoms with Gasteiger partial charge in [-0.15, -0.1) is 0 Å². The van der Waals surface area contributed by atoms with Gasteiger partial charge in [-0.1, -0.05) is 43.3 Å². The minimum atomic E-state index is -0.780. The summed E-state index contributed by atoms with van der Waals surface area (Å²) in [6.45, 7) is 3.45. The Morgan fingerprint density at radius 1 is 1.21 bits per heavy atom. The van der Waals surface area contributed by atoms with Gasteiger partial charge in [0.15, 0.2) is 6.61 Å². The number of carbonyl (C=O) groups is 2. The van der Waals surface area contributed by atoms with Gasteiger partial charge in [0.05, 0.1) is 15.4 Å². The third kappa shape index (κ3) is 6.38. The molecule has 0 aliphatic carbocycles. The number of nitro groups is 1. The van der Waals surface area contributed by atoms with Crippen LogP contribution in [0.4, 0.5) is 5.69 Å². The Balaban J connectivity index is 2.05. The van der Waals surface area contributed by atoms with Crippen LogP contribution in [0, 0.1) is 10.1 Å². The van der Waals surface area contributed by atoms with E-state index in [0.29, 0.717) is 4.90 Å². The van der Waals surface area contributed by atoms with Crippen LogP contribution >= 0.6 is 11.8 Å². The second-order valence-corrected chi connectivity index (χ2v) is 7.30. The molecule has 0 radical (unpaired) electrons. The van der Waals surface area contributed by atoms with E-state index in [1.54, 1.807) is 0 Å². The number of nitro benzene ring substituents is 1. The van der Waals surface area contributed by atoms with Gasteiger partial charge in [-0.05, 0) is 37.6 Å². The molecule has 0 heterocycles. The minimum Gasteiger partial charge on any atom is -0.452 e. The van der Waals surface area contributed by atoms with Crippen molar-refractivity contribution in [2.45, 2.75) is 42.5 Å². The lowest BCUT2D eigenvalue weighted by Gasteiger charge is -2.12. The Morgan fingerprint density at radius 3 is 2.57 bits per heavy atom. The standard InChI is InChI=1S/C20H22N2O5S/c1-3-7-14(2)21-19(23)13-27-20(24)15-10-11-18(17(12-15)22(25)26)28-16-8-5-4-6-9-16/h4-6,8-12,14H,3,7,13H2,1-2H3,(H,21,23)/t14-/m0/s1. The molecule has 7 nitrogen and oxygen atoms in total. The maximum Gasteiger partial charge on any atom is 0.338 e. The molecule has 2 aromatic rings. The molecule has 0 aliphatic heterocycles. The Kier molecular flexibility index (Phi) is 8.01. The zero-order chi connectivity index (χ0) is 20.5. The maximum atomic E-state index is 12.2. The predicted octanol–water partition coefficient (Wildman–Crippen LogP) is 4.21. The maximum absolute atomic E-state index is 12.2. The Hall–Kier alpha value is -2.87. The van der Waals surface area contributed by atoms with Gasteiger partial charge in [0.1, 0.15) is 0 Å². The summed E-state index contributed by atoms with van der Waals surface area (Å²) in [5, 5.41) is 14.1. The number of rotatable bonds is 9. The van der Waals surface area contributed by atoms with E-state index in [2.05, 4.69) is 5.32 Å². The fraction of sp³-hybridized carbons (Fsp3) is 0.300. The highest BCUT2D eigenvalue weighted by Gasteiger charge is 2.20. The van der Waals surface area contributed by atoms with E-state index in [4.69, 9.17) is 4.74 Å². The first-order chi connectivity index (χ1) is 13.4. The summed E-state index contributed by atoms with van der Waals surface area (Å²) in [5.74, 6) is -1.18. The summed E-state index contributed by atoms with van der Waals surface area (Å²) in [6.07, 6.45) is 1.75. The van der Waals surface area contributed by atoms with E-state index in [1.807, 2.05) is 44.2 Å². The van der Waals surface area contributed by atoms with Crippen molar-refractivity contribution in [3.8, 4) is 0 Å². The molecule has 0 unspecified atom stereocenters. The molecule has 1 N–H and O–H groups in total. The van der Waals surface area contributed by atoms with Crippen molar-refractivity contribution in [2.75, 3.05) is 6.61 Å². The van der Waals surface area contributed by atoms with Gasteiger partial charge in [0.25, 0.3) is 11.6 Å². The smallest absolute Gasteiger partial charge is 0.338 e. The molecule has 0 bridgehead atoms. The normalized spacial score (nSPS) is 11.5. The molecule has 0 spiro atoms. The number of ether oxygens (including phenoxy) is 1. The zero-order valence-electron chi connectivity index (χ0n) is 15.7. The van der Waals surface area contributed by atoms with Gasteiger partial charge in [0.2, 0.25) is 0 Å². The monoisotopic (exact) mass is 402 g/mol. The molecule has 28 heavy (non-hydrogen) atoms. The van der Waals surface area contributed by atoms with Crippen molar-refractivity contribution < 1.29 is 19.2 Å². The second-order valence-electron chi connectivity index (χ2n) is 6.19. The van der Waals surface area contributed by atoms with E-state index < -0.39 is 23.4 Å². The van der Waals surface area contributed by atoms with Crippen LogP contribution < -0.4 is 5.32 Å². The highest BCUT2D eigenvalue weighted by atomic mass is 32.2. The number of hydrogen-bond donors (Lipinski definition) is 1. The first-order valence-electron chi connectivity index (χ1n) is 8.88. The highest BCUT2D eigenvalue weighted by Crippen LogP contribution is 2.35. The average molecular weight is 402 g/mol. The lowest BCUT2D eigenvalue weighted by molar-refractivity contribution is -0.387. The SMILES string of the molecule is CCC[C@H](C)NC(=O)COC(=O)c1ccc(Sc2ccccc2)c([N+](=O)[O-])c1. The Labute approximate surface area is 167 Å². The number of nitrogens with one attached hydrogen (secondary N) is 1. The molecule has 1 atom stereocenters. The van der Waals surface area contributed by atoms with Crippen molar-refractivity contribution in [1.82, 2.24) is 5.32 Å². The molecule has 8 heteroatoms. The van der Waals surface area contributed by atoms with E-state index in [0.717, 1.165) is 17.7 Å². The van der Waals surface area contributed by atoms with Crippen molar-refractivity contribution in [3.63, 3.8) is 0 Å². The van der Waals surface area contributed by atoms with Crippen molar-refractivity contribution in [1.29, 1.82) is 0 Å². The largest absolute Gasteiger partial charge is 0.452 e. The van der Waals surface area contributed by atoms with Gasteiger partial charge >= 0.3 is 5.97 Å². The molecular formula is C20H22N2O5S. The second kappa shape index (κ2) is 10.5. The first-order valence-corrected chi connectivity index (χ1v) is 9.70. The van der Waals surface area contributed by atoms with E-state index in [9.17, 15) is 19.7 Å². The van der Waals surface area contributed by atoms with Gasteiger partial charge in [-0.3, -0.25) is 14.9 Å². The number of amides is 1. The number of nitrogens with zero attached hydrogens (tertiary/aromatic N) is 1. The lowest BCUT2D eigenvalue weighted by atomic mass is 10.2. The number of benzene rings is 2. The molecule has 2 rings (SSSR count). The minimum absolute atomic E-state index is 0.00779. The molecule has 0 aromatic heterocycles. The summed E-state index contributed by atoms with van der Waals surface area (Å²) in [6, 6.07) is 13.4. The summed E-state index contributed by atoms with van der Waals surface area (Å²) < 4.78 is 4.98. The number of carbonyl (C=O) groups excluding carboxylic acids is 2. The summed E-state index contributed by atoms with van der Waals surface area (Å²) >= 11 is 1.23. The molecule has 0 saturated heterocycles. The third-order valence-corrected chi connectivity index (χ3v) is 4.90. The molecule has 0 fully saturated rings. The van der Waals surface area contributed by atoms with Crippen LogP contribution in [0.1, 0.15) is 37.0 Å². The lowest BCUT2D eigenvalue weighted by Crippen LogP contribution is -2.35. The molecule has 2 aromatic carbocycles. The first kappa shape index (κ1) is 21.4. The summed E-state index contributed by atoms with van der Waals surface area (Å²) in [4.78, 5) is 36.1. The molecular weight excluding hydrogens is 380 g/mol. The molecule has 0 aliphatic rings. The van der Waals surface area contributed by atoms with Gasteiger partial charge in [-0.2, -0.15) is 0 Å². The van der Waals surface area contributed by atoms with E-state index in [-0.39, 0.29) is 17.3 Å². The van der Waals surface area contributed by atoms with Crippen LogP contribution in [0.2, 0.25) is 0 Å². The highest BCUT2D eigenvalue weighted by molar-refractivity contribution is 7.99. The Morgan fingerprint density at radius 2 is 1.93 bits per heavy atom. The van der Waals surface area contributed by atoms with Gasteiger partial charge in [0, 0.05) is 17.0 Å². The molecule has 148 valence electrons. The van der Waals surface area contributed by atoms with Crippen molar-refractivity contribution >= 4 is 29.3 Å². The van der Waals surface area contributed by atoms with Crippen LogP contribution in [-0.4, -0.2) is 29.4 Å². The van der Waals surface area contributed by atoms with Crippen LogP contribution in [0.25, 0.3) is 0 Å². The topological polar surface area (TPSA) is 98.5 Å². The van der Waals surface area contributed by atoms with Crippen molar-refractivity contribution in [3.05, 3.63) is 64.2 Å². The molecule has 1 amide bonds. The third-order valence-electron chi connectivity index (χ3n) is 3.83. The van der Waals surface area contributed by atoms with E-state index >= 15 is 0 Å². The molecule has 0 saturated carbocycles. The van der Waals surface area contributed by atoms with Gasteiger partial charge < -0.3 is 10.1 Å². The summed E-state index contributed by atoms with van der Waals surface area (Å²) in [5.41, 5.74) is -0.164. The number of hydrogen-bond acceptors (Lipinski definition) is 6. The predicted molar refractivity (Wildman–Crippen MR) is 106 cm³/mol. The fourth-order valence-electron chi connectivity index (χ4n) is 2.52. The quantitative estimate of drug-likeness (QED) is 0.383. The van der Waals surface area contributed by atoms with Crippen LogP contribution in [0.15, 0.2) is 58.3 Å². The van der Waals surface area contributed by atoms with Crippen LogP contribution in [0.5, 0.6) is 0 Å². The van der Waals surface area contributed by atoms with Crippen LogP contribution in [0.3, 0.4) is 0 Å². The fourth-order valence-corrected chi connectivity index (χ4v) is 3.45.